The average molecular weight is 237 g/mol. The molecule has 17 heavy (non-hydrogen) atoms. The largest absolute Gasteiger partial charge is 0.494 e. The summed E-state index contributed by atoms with van der Waals surface area (Å²) in [5, 5.41) is 11.2. The van der Waals surface area contributed by atoms with E-state index in [1.165, 1.54) is 0 Å². The highest BCUT2D eigenvalue weighted by Crippen LogP contribution is 2.13. The molecule has 4 heteroatoms. The molecule has 2 N–H and O–H groups in total. The van der Waals surface area contributed by atoms with E-state index in [0.29, 0.717) is 26.0 Å². The maximum atomic E-state index is 11.3. The van der Waals surface area contributed by atoms with Gasteiger partial charge < -0.3 is 15.2 Å². The fourth-order valence-electron chi connectivity index (χ4n) is 1.46. The number of benzene rings is 1. The van der Waals surface area contributed by atoms with Crippen molar-refractivity contribution in [2.45, 2.75) is 19.8 Å². The number of ether oxygens (including phenoxy) is 1. The van der Waals surface area contributed by atoms with Crippen LogP contribution in [-0.4, -0.2) is 30.8 Å². The van der Waals surface area contributed by atoms with Crippen LogP contribution in [0, 0.1) is 0 Å². The van der Waals surface area contributed by atoms with Crippen LogP contribution in [0.3, 0.4) is 0 Å². The maximum Gasteiger partial charge on any atom is 0.220 e. The smallest absolute Gasteiger partial charge is 0.220 e. The SMILES string of the molecule is CCOc1ccc(CCC(=O)NCCO)cc1. The minimum absolute atomic E-state index is 0.0191. The molecule has 0 aliphatic rings. The van der Waals surface area contributed by atoms with Gasteiger partial charge in [0.2, 0.25) is 5.91 Å². The first-order chi connectivity index (χ1) is 8.26. The number of aliphatic hydroxyl groups excluding tert-OH is 1. The number of carbonyl (C=O) groups is 1. The number of rotatable bonds is 7. The summed E-state index contributed by atoms with van der Waals surface area (Å²) in [7, 11) is 0. The van der Waals surface area contributed by atoms with Crippen LogP contribution in [0.2, 0.25) is 0 Å². The van der Waals surface area contributed by atoms with E-state index in [1.807, 2.05) is 31.2 Å². The van der Waals surface area contributed by atoms with Crippen LogP contribution in [0.15, 0.2) is 24.3 Å². The van der Waals surface area contributed by atoms with Crippen molar-refractivity contribution < 1.29 is 14.6 Å². The Bertz CT molecular complexity index is 335. The lowest BCUT2D eigenvalue weighted by molar-refractivity contribution is -0.121. The van der Waals surface area contributed by atoms with Crippen LogP contribution in [0.4, 0.5) is 0 Å². The lowest BCUT2D eigenvalue weighted by atomic mass is 10.1. The van der Waals surface area contributed by atoms with Crippen LogP contribution in [-0.2, 0) is 11.2 Å². The summed E-state index contributed by atoms with van der Waals surface area (Å²) in [6.07, 6.45) is 1.14. The molecule has 0 saturated heterocycles. The highest BCUT2D eigenvalue weighted by molar-refractivity contribution is 5.76. The Labute approximate surface area is 102 Å². The first-order valence-electron chi connectivity index (χ1n) is 5.85. The second-order valence-electron chi connectivity index (χ2n) is 3.65. The van der Waals surface area contributed by atoms with Gasteiger partial charge in [0.25, 0.3) is 0 Å². The van der Waals surface area contributed by atoms with Gasteiger partial charge >= 0.3 is 0 Å². The van der Waals surface area contributed by atoms with E-state index in [4.69, 9.17) is 9.84 Å². The first-order valence-corrected chi connectivity index (χ1v) is 5.85. The highest BCUT2D eigenvalue weighted by atomic mass is 16.5. The molecule has 94 valence electrons. The Hall–Kier alpha value is -1.55. The first kappa shape index (κ1) is 13.5. The standard InChI is InChI=1S/C13H19NO3/c1-2-17-12-6-3-11(4-7-12)5-8-13(16)14-9-10-15/h3-4,6-7,15H,2,5,8-10H2,1H3,(H,14,16). The van der Waals surface area contributed by atoms with Crippen molar-refractivity contribution in [2.24, 2.45) is 0 Å². The van der Waals surface area contributed by atoms with Crippen molar-refractivity contribution in [2.75, 3.05) is 19.8 Å². The Morgan fingerprint density at radius 3 is 2.65 bits per heavy atom. The summed E-state index contributed by atoms with van der Waals surface area (Å²) in [5.74, 6) is 0.814. The predicted octanol–water partition coefficient (Wildman–Crippen LogP) is 1.13. The summed E-state index contributed by atoms with van der Waals surface area (Å²) in [4.78, 5) is 11.3. The normalized spacial score (nSPS) is 10.0. The van der Waals surface area contributed by atoms with Gasteiger partial charge in [0.15, 0.2) is 0 Å². The molecule has 1 aromatic rings. The lowest BCUT2D eigenvalue weighted by Crippen LogP contribution is -2.26. The molecule has 0 heterocycles. The molecular weight excluding hydrogens is 218 g/mol. The minimum Gasteiger partial charge on any atom is -0.494 e. The van der Waals surface area contributed by atoms with Crippen LogP contribution < -0.4 is 10.1 Å². The molecule has 0 atom stereocenters. The monoisotopic (exact) mass is 237 g/mol. The summed E-state index contributed by atoms with van der Waals surface area (Å²) < 4.78 is 5.33. The summed E-state index contributed by atoms with van der Waals surface area (Å²) in [6.45, 7) is 2.90. The molecule has 0 aliphatic carbocycles. The minimum atomic E-state index is -0.0343. The maximum absolute atomic E-state index is 11.3. The van der Waals surface area contributed by atoms with Crippen LogP contribution in [0.25, 0.3) is 0 Å². The zero-order chi connectivity index (χ0) is 12.5. The van der Waals surface area contributed by atoms with Crippen LogP contribution in [0.1, 0.15) is 18.9 Å². The van der Waals surface area contributed by atoms with Gasteiger partial charge in [-0.25, -0.2) is 0 Å². The Morgan fingerprint density at radius 1 is 1.35 bits per heavy atom. The molecule has 0 bridgehead atoms. The second kappa shape index (κ2) is 7.68. The molecule has 0 radical (unpaired) electrons. The van der Waals surface area contributed by atoms with Gasteiger partial charge in [0.1, 0.15) is 5.75 Å². The van der Waals surface area contributed by atoms with Gasteiger partial charge in [0, 0.05) is 13.0 Å². The van der Waals surface area contributed by atoms with Crippen molar-refractivity contribution in [1.82, 2.24) is 5.32 Å². The van der Waals surface area contributed by atoms with Crippen LogP contribution in [0.5, 0.6) is 5.75 Å². The fraction of sp³-hybridized carbons (Fsp3) is 0.462. The van der Waals surface area contributed by atoms with Gasteiger partial charge in [-0.3, -0.25) is 4.79 Å². The molecule has 1 amide bonds. The van der Waals surface area contributed by atoms with Crippen molar-refractivity contribution in [3.8, 4) is 5.75 Å². The molecule has 0 aliphatic heterocycles. The van der Waals surface area contributed by atoms with E-state index < -0.39 is 0 Å². The van der Waals surface area contributed by atoms with Crippen LogP contribution >= 0.6 is 0 Å². The van der Waals surface area contributed by atoms with E-state index in [2.05, 4.69) is 5.32 Å². The van der Waals surface area contributed by atoms with E-state index in [1.54, 1.807) is 0 Å². The number of aliphatic hydroxyl groups is 1. The molecule has 0 spiro atoms. The number of amides is 1. The van der Waals surface area contributed by atoms with Crippen molar-refractivity contribution >= 4 is 5.91 Å². The lowest BCUT2D eigenvalue weighted by Gasteiger charge is -2.05. The quantitative estimate of drug-likeness (QED) is 0.747. The number of hydrogen-bond acceptors (Lipinski definition) is 3. The van der Waals surface area contributed by atoms with Crippen molar-refractivity contribution in [3.63, 3.8) is 0 Å². The molecule has 1 rings (SSSR count). The molecule has 4 nitrogen and oxygen atoms in total. The fourth-order valence-corrected chi connectivity index (χ4v) is 1.46. The third-order valence-electron chi connectivity index (χ3n) is 2.31. The molecule has 0 unspecified atom stereocenters. The summed E-state index contributed by atoms with van der Waals surface area (Å²) in [6, 6.07) is 7.74. The van der Waals surface area contributed by atoms with Gasteiger partial charge in [-0.05, 0) is 31.0 Å². The number of aryl methyl sites for hydroxylation is 1. The second-order valence-corrected chi connectivity index (χ2v) is 3.65. The average Bonchev–Trinajstić information content (AvgIpc) is 2.36. The van der Waals surface area contributed by atoms with Gasteiger partial charge in [-0.2, -0.15) is 0 Å². The Kier molecular flexibility index (Phi) is 6.10. The number of nitrogens with one attached hydrogen (secondary N) is 1. The summed E-state index contributed by atoms with van der Waals surface area (Å²) >= 11 is 0. The van der Waals surface area contributed by atoms with Gasteiger partial charge in [-0.15, -0.1) is 0 Å². The molecule has 0 saturated carbocycles. The van der Waals surface area contributed by atoms with E-state index >= 15 is 0 Å². The van der Waals surface area contributed by atoms with E-state index in [0.717, 1.165) is 11.3 Å². The molecule has 0 fully saturated rings. The topological polar surface area (TPSA) is 58.6 Å². The Balaban J connectivity index is 2.34. The zero-order valence-corrected chi connectivity index (χ0v) is 10.1. The third kappa shape index (κ3) is 5.36. The van der Waals surface area contributed by atoms with Gasteiger partial charge in [-0.1, -0.05) is 12.1 Å². The Morgan fingerprint density at radius 2 is 2.06 bits per heavy atom. The van der Waals surface area contributed by atoms with Crippen molar-refractivity contribution in [1.29, 1.82) is 0 Å². The van der Waals surface area contributed by atoms with E-state index in [9.17, 15) is 4.79 Å². The molecular formula is C13H19NO3. The highest BCUT2D eigenvalue weighted by Gasteiger charge is 2.01. The predicted molar refractivity (Wildman–Crippen MR) is 66.0 cm³/mol. The van der Waals surface area contributed by atoms with Gasteiger partial charge in [0.05, 0.1) is 13.2 Å². The third-order valence-corrected chi connectivity index (χ3v) is 2.31. The molecule has 1 aromatic carbocycles. The number of hydrogen-bond donors (Lipinski definition) is 2. The van der Waals surface area contributed by atoms with Crippen molar-refractivity contribution in [3.05, 3.63) is 29.8 Å². The zero-order valence-electron chi connectivity index (χ0n) is 10.1. The molecule has 0 aromatic heterocycles. The summed E-state index contributed by atoms with van der Waals surface area (Å²) in [5.41, 5.74) is 1.10. The number of carbonyl (C=O) groups excluding carboxylic acids is 1. The van der Waals surface area contributed by atoms with E-state index in [-0.39, 0.29) is 12.5 Å².